The number of amides is 1. The largest absolute Gasteiger partial charge is 0.497 e. The molecular formula is C24H21N3O8. The van der Waals surface area contributed by atoms with Gasteiger partial charge in [0.15, 0.2) is 6.61 Å². The second kappa shape index (κ2) is 10.1. The maximum atomic E-state index is 13.0. The average molecular weight is 479 g/mol. The molecule has 2 heterocycles. The lowest BCUT2D eigenvalue weighted by Crippen LogP contribution is -2.31. The summed E-state index contributed by atoms with van der Waals surface area (Å²) in [5, 5.41) is 16.8. The first-order valence-electron chi connectivity index (χ1n) is 10.5. The minimum Gasteiger partial charge on any atom is -0.497 e. The number of nitro benzene ring substituents is 1. The molecule has 1 amide bonds. The first-order chi connectivity index (χ1) is 16.9. The van der Waals surface area contributed by atoms with E-state index in [1.807, 2.05) is 12.1 Å². The van der Waals surface area contributed by atoms with Crippen LogP contribution in [0.15, 0.2) is 70.4 Å². The second-order valence-electron chi connectivity index (χ2n) is 7.47. The Labute approximate surface area is 199 Å². The van der Waals surface area contributed by atoms with Crippen molar-refractivity contribution in [3.05, 3.63) is 87.9 Å². The van der Waals surface area contributed by atoms with Crippen LogP contribution in [-0.4, -0.2) is 48.3 Å². The fraction of sp³-hybridized carbons (Fsp3) is 0.208. The molecule has 4 rings (SSSR count). The number of hydrogen-bond donors (Lipinski definition) is 0. The van der Waals surface area contributed by atoms with Crippen LogP contribution in [0.1, 0.15) is 34.1 Å². The fourth-order valence-corrected chi connectivity index (χ4v) is 3.64. The molecule has 0 saturated carbocycles. The van der Waals surface area contributed by atoms with Crippen molar-refractivity contribution in [2.75, 3.05) is 20.8 Å². The van der Waals surface area contributed by atoms with Crippen LogP contribution >= 0.6 is 0 Å². The van der Waals surface area contributed by atoms with Crippen LogP contribution in [0, 0.1) is 10.1 Å². The van der Waals surface area contributed by atoms with Gasteiger partial charge in [-0.25, -0.2) is 9.80 Å². The Morgan fingerprint density at radius 1 is 1.14 bits per heavy atom. The fourth-order valence-electron chi connectivity index (χ4n) is 3.64. The molecule has 1 aliphatic rings. The number of esters is 1. The number of rotatable bonds is 8. The van der Waals surface area contributed by atoms with Crippen molar-refractivity contribution in [1.82, 2.24) is 5.01 Å². The maximum absolute atomic E-state index is 13.0. The third-order valence-corrected chi connectivity index (χ3v) is 5.40. The summed E-state index contributed by atoms with van der Waals surface area (Å²) in [5.41, 5.74) is 0.973. The highest BCUT2D eigenvalue weighted by molar-refractivity contribution is 6.03. The van der Waals surface area contributed by atoms with E-state index in [9.17, 15) is 19.7 Å². The number of hydrogen-bond acceptors (Lipinski definition) is 9. The Morgan fingerprint density at radius 2 is 1.91 bits per heavy atom. The number of ether oxygens (including phenoxy) is 3. The summed E-state index contributed by atoms with van der Waals surface area (Å²) < 4.78 is 20.9. The number of hydrazone groups is 1. The molecule has 0 aliphatic carbocycles. The van der Waals surface area contributed by atoms with Crippen LogP contribution in [0.4, 0.5) is 5.69 Å². The van der Waals surface area contributed by atoms with Gasteiger partial charge in [0.1, 0.15) is 28.9 Å². The van der Waals surface area contributed by atoms with E-state index in [1.165, 1.54) is 30.5 Å². The molecule has 1 unspecified atom stereocenters. The number of carbonyl (C=O) groups excluding carboxylic acids is 2. The lowest BCUT2D eigenvalue weighted by atomic mass is 10.0. The highest BCUT2D eigenvalue weighted by Crippen LogP contribution is 2.33. The third-order valence-electron chi connectivity index (χ3n) is 5.40. The number of carbonyl (C=O) groups is 2. The molecule has 11 nitrogen and oxygen atoms in total. The van der Waals surface area contributed by atoms with Crippen LogP contribution in [0.3, 0.4) is 0 Å². The predicted molar refractivity (Wildman–Crippen MR) is 122 cm³/mol. The molecule has 0 bridgehead atoms. The molecular weight excluding hydrogens is 458 g/mol. The highest BCUT2D eigenvalue weighted by Gasteiger charge is 2.35. The highest BCUT2D eigenvalue weighted by atomic mass is 16.6. The van der Waals surface area contributed by atoms with Gasteiger partial charge >= 0.3 is 5.97 Å². The normalized spacial score (nSPS) is 14.9. The Morgan fingerprint density at radius 3 is 2.54 bits per heavy atom. The van der Waals surface area contributed by atoms with Crippen LogP contribution in [0.5, 0.6) is 11.5 Å². The Kier molecular flexibility index (Phi) is 6.76. The molecule has 0 N–H and O–H groups in total. The van der Waals surface area contributed by atoms with E-state index in [4.69, 9.17) is 18.6 Å². The molecule has 180 valence electrons. The van der Waals surface area contributed by atoms with Crippen molar-refractivity contribution >= 4 is 23.3 Å². The van der Waals surface area contributed by atoms with Crippen molar-refractivity contribution in [3.8, 4) is 11.5 Å². The number of benzene rings is 2. The zero-order valence-electron chi connectivity index (χ0n) is 18.9. The summed E-state index contributed by atoms with van der Waals surface area (Å²) in [6.45, 7) is -0.638. The van der Waals surface area contributed by atoms with Crippen LogP contribution in [0.2, 0.25) is 0 Å². The molecule has 11 heteroatoms. The van der Waals surface area contributed by atoms with Gasteiger partial charge in [-0.05, 0) is 48.0 Å². The molecule has 1 aliphatic heterocycles. The monoisotopic (exact) mass is 479 g/mol. The van der Waals surface area contributed by atoms with E-state index in [0.717, 1.165) is 11.6 Å². The van der Waals surface area contributed by atoms with Crippen LogP contribution < -0.4 is 9.47 Å². The zero-order valence-corrected chi connectivity index (χ0v) is 18.9. The minimum atomic E-state index is -0.938. The SMILES string of the molecule is COc1ccc(C2=NN(C(=O)COC(=O)c3cc([N+](=O)[O-])ccc3OC)C(c3ccco3)C2)cc1. The third kappa shape index (κ3) is 4.98. The molecule has 0 fully saturated rings. The van der Waals surface area contributed by atoms with Gasteiger partial charge in [0.2, 0.25) is 0 Å². The van der Waals surface area contributed by atoms with E-state index in [2.05, 4.69) is 5.10 Å². The standard InChI is InChI=1S/C24H21N3O8/c1-32-17-8-5-15(6-9-17)19-13-20(22-4-3-11-34-22)26(25-19)23(28)14-35-24(29)18-12-16(27(30)31)7-10-21(18)33-2/h3-12,20H,13-14H2,1-2H3. The zero-order chi connectivity index (χ0) is 24.9. The molecule has 1 aromatic heterocycles. The molecule has 2 aromatic carbocycles. The van der Waals surface area contributed by atoms with Crippen LogP contribution in [-0.2, 0) is 9.53 Å². The van der Waals surface area contributed by atoms with Gasteiger partial charge in [0, 0.05) is 18.6 Å². The maximum Gasteiger partial charge on any atom is 0.342 e. The molecule has 0 spiro atoms. The van der Waals surface area contributed by atoms with E-state index in [0.29, 0.717) is 23.6 Å². The van der Waals surface area contributed by atoms with Crippen molar-refractivity contribution in [3.63, 3.8) is 0 Å². The molecule has 1 atom stereocenters. The summed E-state index contributed by atoms with van der Waals surface area (Å²) in [6, 6.07) is 13.7. The van der Waals surface area contributed by atoms with Gasteiger partial charge in [0.05, 0.1) is 31.1 Å². The topological polar surface area (TPSA) is 134 Å². The lowest BCUT2D eigenvalue weighted by Gasteiger charge is -2.19. The van der Waals surface area contributed by atoms with E-state index < -0.39 is 29.4 Å². The number of nitro groups is 1. The van der Waals surface area contributed by atoms with Gasteiger partial charge in [-0.2, -0.15) is 5.10 Å². The van der Waals surface area contributed by atoms with E-state index in [1.54, 1.807) is 31.4 Å². The number of nitrogens with zero attached hydrogens (tertiary/aromatic N) is 3. The van der Waals surface area contributed by atoms with Gasteiger partial charge in [-0.1, -0.05) is 0 Å². The van der Waals surface area contributed by atoms with Crippen molar-refractivity contribution in [2.24, 2.45) is 5.10 Å². The van der Waals surface area contributed by atoms with E-state index >= 15 is 0 Å². The Bertz CT molecular complexity index is 1270. The number of methoxy groups -OCH3 is 2. The first-order valence-corrected chi connectivity index (χ1v) is 10.5. The molecule has 3 aromatic rings. The quantitative estimate of drug-likeness (QED) is 0.271. The predicted octanol–water partition coefficient (Wildman–Crippen LogP) is 3.74. The molecule has 35 heavy (non-hydrogen) atoms. The summed E-state index contributed by atoms with van der Waals surface area (Å²) in [7, 11) is 2.89. The number of non-ortho nitro benzene ring substituents is 1. The molecule has 0 radical (unpaired) electrons. The lowest BCUT2D eigenvalue weighted by molar-refractivity contribution is -0.384. The summed E-state index contributed by atoms with van der Waals surface area (Å²) in [6.07, 6.45) is 1.89. The van der Waals surface area contributed by atoms with Crippen molar-refractivity contribution in [1.29, 1.82) is 0 Å². The molecule has 0 saturated heterocycles. The van der Waals surface area contributed by atoms with Crippen molar-refractivity contribution in [2.45, 2.75) is 12.5 Å². The van der Waals surface area contributed by atoms with E-state index in [-0.39, 0.29) is 17.0 Å². The van der Waals surface area contributed by atoms with Crippen molar-refractivity contribution < 1.29 is 33.1 Å². The smallest absolute Gasteiger partial charge is 0.342 e. The Hall–Kier alpha value is -4.67. The van der Waals surface area contributed by atoms with Crippen LogP contribution in [0.25, 0.3) is 0 Å². The minimum absolute atomic E-state index is 0.0856. The summed E-state index contributed by atoms with van der Waals surface area (Å²) >= 11 is 0. The van der Waals surface area contributed by atoms with Gasteiger partial charge < -0.3 is 18.6 Å². The number of furan rings is 1. The van der Waals surface area contributed by atoms with Gasteiger partial charge in [0.25, 0.3) is 11.6 Å². The summed E-state index contributed by atoms with van der Waals surface area (Å²) in [4.78, 5) is 36.1. The first kappa shape index (κ1) is 23.5. The second-order valence-corrected chi connectivity index (χ2v) is 7.47. The summed E-state index contributed by atoms with van der Waals surface area (Å²) in [5.74, 6) is -0.231. The Balaban J connectivity index is 1.53. The van der Waals surface area contributed by atoms with Gasteiger partial charge in [-0.15, -0.1) is 0 Å². The average Bonchev–Trinajstić information content (AvgIpc) is 3.57. The van der Waals surface area contributed by atoms with Gasteiger partial charge in [-0.3, -0.25) is 14.9 Å².